The Hall–Kier alpha value is -2.33. The van der Waals surface area contributed by atoms with Crippen LogP contribution < -0.4 is 129 Å². The summed E-state index contributed by atoms with van der Waals surface area (Å²) in [7, 11) is -4.02. The summed E-state index contributed by atoms with van der Waals surface area (Å²) in [5.41, 5.74) is 3.69. The Balaban J connectivity index is 0.00000372. The molecule has 294 valence electrons. The Labute approximate surface area is 424 Å². The molecule has 0 radical (unpaired) electrons. The van der Waals surface area contributed by atoms with Crippen LogP contribution >= 0.6 is 0 Å². The van der Waals surface area contributed by atoms with Crippen LogP contribution in [0.3, 0.4) is 0 Å². The Kier molecular flexibility index (Phi) is 18.7. The van der Waals surface area contributed by atoms with Crippen molar-refractivity contribution in [3.05, 3.63) is 113 Å². The second-order valence-corrected chi connectivity index (χ2v) is 16.2. The Bertz CT molecular complexity index is 2170. The van der Waals surface area contributed by atoms with Crippen molar-refractivity contribution in [2.75, 3.05) is 35.2 Å². The normalized spacial score (nSPS) is 16.7. The van der Waals surface area contributed by atoms with Crippen LogP contribution in [0, 0.1) is 5.92 Å². The summed E-state index contributed by atoms with van der Waals surface area (Å²) in [6, 6.07) is 20.7. The number of hydrogen-bond acceptors (Lipinski definition) is 10. The summed E-state index contributed by atoms with van der Waals surface area (Å²) >= 11 is 0. The summed E-state index contributed by atoms with van der Waals surface area (Å²) in [5.74, 6) is -4.00. The zero-order chi connectivity index (χ0) is 39.8. The van der Waals surface area contributed by atoms with Crippen LogP contribution in [0.1, 0.15) is 94.2 Å². The first-order valence-electron chi connectivity index (χ1n) is 19.0. The molecule has 2 amide bonds. The number of sulfonamides is 1. The molecule has 1 aliphatic carbocycles. The van der Waals surface area contributed by atoms with Gasteiger partial charge in [-0.2, -0.15) is 4.31 Å². The van der Waals surface area contributed by atoms with Gasteiger partial charge in [-0.3, -0.25) is 14.6 Å². The van der Waals surface area contributed by atoms with Gasteiger partial charge in [-0.05, 0) is 123 Å². The third kappa shape index (κ3) is 12.4. The van der Waals surface area contributed by atoms with E-state index in [9.17, 15) is 37.8 Å². The molecule has 2 heterocycles. The number of pyridine rings is 1. The number of hydrogen-bond donors (Lipinski definition) is 2. The van der Waals surface area contributed by atoms with Crippen molar-refractivity contribution in [1.29, 1.82) is 0 Å². The van der Waals surface area contributed by atoms with Gasteiger partial charge in [0.15, 0.2) is 0 Å². The van der Waals surface area contributed by atoms with E-state index in [-0.39, 0.29) is 143 Å². The molecule has 0 spiro atoms. The second-order valence-electron chi connectivity index (χ2n) is 14.3. The van der Waals surface area contributed by atoms with E-state index in [0.717, 1.165) is 49.3 Å². The molecule has 3 aromatic carbocycles. The zero-order valence-corrected chi connectivity index (χ0v) is 40.3. The van der Waals surface area contributed by atoms with Crippen molar-refractivity contribution in [3.8, 4) is 0 Å². The van der Waals surface area contributed by atoms with Crippen molar-refractivity contribution in [2.45, 2.75) is 75.6 Å². The molecular formula is C42H45K2N5O8S. The third-order valence-electron chi connectivity index (χ3n) is 10.6. The minimum atomic E-state index is -4.02. The van der Waals surface area contributed by atoms with E-state index in [1.165, 1.54) is 40.7 Å². The number of aromatic nitrogens is 1. The van der Waals surface area contributed by atoms with Crippen LogP contribution in [-0.2, 0) is 27.7 Å². The number of nitrogens with zero attached hydrogens (tertiary/aromatic N) is 3. The predicted octanol–water partition coefficient (Wildman–Crippen LogP) is -1.95. The van der Waals surface area contributed by atoms with Gasteiger partial charge in [0.2, 0.25) is 10.0 Å². The number of carbonyl (C=O) groups is 4. The first-order valence-corrected chi connectivity index (χ1v) is 20.5. The van der Waals surface area contributed by atoms with Gasteiger partial charge in [0.05, 0.1) is 34.0 Å². The van der Waals surface area contributed by atoms with Gasteiger partial charge in [0, 0.05) is 48.6 Å². The molecule has 4 aromatic rings. The van der Waals surface area contributed by atoms with Gasteiger partial charge in [-0.15, -0.1) is 0 Å². The first-order chi connectivity index (χ1) is 26.9. The quantitative estimate of drug-likeness (QED) is 0.135. The third-order valence-corrected chi connectivity index (χ3v) is 12.6. The molecule has 13 nitrogen and oxygen atoms in total. The van der Waals surface area contributed by atoms with E-state index in [4.69, 9.17) is 0 Å². The van der Waals surface area contributed by atoms with E-state index in [0.29, 0.717) is 44.2 Å². The molecule has 1 aromatic heterocycles. The maximum absolute atomic E-state index is 13.9. The number of carbonyl (C=O) groups excluding carboxylic acids is 4. The molecule has 0 atom stereocenters. The molecule has 2 N–H and O–H groups in total. The van der Waals surface area contributed by atoms with Gasteiger partial charge < -0.3 is 35.3 Å². The fourth-order valence-electron chi connectivity index (χ4n) is 7.45. The summed E-state index contributed by atoms with van der Waals surface area (Å²) in [6.07, 6.45) is 7.44. The number of aromatic carboxylic acids is 1. The Morgan fingerprint density at radius 1 is 0.793 bits per heavy atom. The average molecular weight is 858 g/mol. The van der Waals surface area contributed by atoms with Crippen LogP contribution in [0.5, 0.6) is 0 Å². The standard InChI is InChI=1S/C42H47N5O8S.2K/c1-2-47(34-19-14-30(15-20-34)42(52)53)56(54,55)36-8-6-7-31(25-36)39(48)45-38-22-21-35(46-23-4-3-5-24-46)26-37(38)40(49)44-33-18-17-32(43-27-33)16-11-28-9-12-29(13-10-28)41(50)51;;/h6-10,12-13,17-18,21-22,25-27,30,34H,2-5,11,14-16,19-20,23-24H2,1H3,(H,44,49)(H,45,48)(H,50,51)(H,52,53);;/q;2*+1/p-2. The Morgan fingerprint density at radius 2 is 1.50 bits per heavy atom. The SMILES string of the molecule is CCN(C1CCC(C(=O)[O-])CC1)S(=O)(=O)c1cccc(C(=O)Nc2ccc(N3CCCCC3)cc2C(=O)Nc2ccc(CCc3ccc(C(=O)[O-])cc3)nc2)c1.[K+].[K+]. The number of aliphatic carboxylic acids is 1. The second kappa shape index (κ2) is 22.5. The number of amides is 2. The van der Waals surface area contributed by atoms with E-state index in [2.05, 4.69) is 20.5 Å². The molecule has 1 saturated carbocycles. The van der Waals surface area contributed by atoms with Crippen molar-refractivity contribution in [2.24, 2.45) is 5.92 Å². The topological polar surface area (TPSA) is 192 Å². The van der Waals surface area contributed by atoms with Crippen molar-refractivity contribution < 1.29 is 141 Å². The monoisotopic (exact) mass is 857 g/mol. The predicted molar refractivity (Wildman–Crippen MR) is 208 cm³/mol. The van der Waals surface area contributed by atoms with Gasteiger partial charge in [-0.25, -0.2) is 8.42 Å². The molecule has 0 bridgehead atoms. The maximum atomic E-state index is 13.9. The minimum absolute atomic E-state index is 0. The maximum Gasteiger partial charge on any atom is 1.00 e. The fourth-order valence-corrected chi connectivity index (χ4v) is 9.19. The van der Waals surface area contributed by atoms with E-state index < -0.39 is 39.7 Å². The molecular weight excluding hydrogens is 813 g/mol. The smallest absolute Gasteiger partial charge is 0.550 e. The number of nitrogens with one attached hydrogen (secondary N) is 2. The number of piperidine rings is 1. The van der Waals surface area contributed by atoms with Crippen molar-refractivity contribution >= 4 is 50.8 Å². The van der Waals surface area contributed by atoms with Crippen LogP contribution in [-0.4, -0.2) is 67.1 Å². The van der Waals surface area contributed by atoms with Gasteiger partial charge in [0.25, 0.3) is 11.8 Å². The number of carboxylic acid groups (broad SMARTS) is 2. The van der Waals surface area contributed by atoms with Gasteiger partial charge >= 0.3 is 103 Å². The number of aryl methyl sites for hydroxylation is 2. The van der Waals surface area contributed by atoms with Crippen LogP contribution in [0.4, 0.5) is 17.1 Å². The van der Waals surface area contributed by atoms with Gasteiger partial charge in [0.1, 0.15) is 0 Å². The number of anilines is 3. The summed E-state index contributed by atoms with van der Waals surface area (Å²) in [5, 5.41) is 28.1. The molecule has 0 unspecified atom stereocenters. The molecule has 1 aliphatic heterocycles. The first kappa shape index (κ1) is 48.3. The van der Waals surface area contributed by atoms with Crippen LogP contribution in [0.25, 0.3) is 0 Å². The number of carboxylic acids is 2. The molecule has 1 saturated heterocycles. The summed E-state index contributed by atoms with van der Waals surface area (Å²) in [4.78, 5) is 56.6. The van der Waals surface area contributed by atoms with E-state index in [1.807, 2.05) is 6.07 Å². The van der Waals surface area contributed by atoms with Gasteiger partial charge in [-0.1, -0.05) is 37.3 Å². The fraction of sp³-hybridized carbons (Fsp3) is 0.357. The van der Waals surface area contributed by atoms with Crippen LogP contribution in [0.15, 0.2) is 90.0 Å². The minimum Gasteiger partial charge on any atom is -0.550 e. The zero-order valence-electron chi connectivity index (χ0n) is 33.2. The molecule has 58 heavy (non-hydrogen) atoms. The van der Waals surface area contributed by atoms with Crippen LogP contribution in [0.2, 0.25) is 0 Å². The van der Waals surface area contributed by atoms with E-state index in [1.54, 1.807) is 49.5 Å². The number of rotatable bonds is 14. The molecule has 2 fully saturated rings. The molecule has 16 heteroatoms. The molecule has 2 aliphatic rings. The largest absolute Gasteiger partial charge is 1.00 e. The summed E-state index contributed by atoms with van der Waals surface area (Å²) < 4.78 is 29.1. The summed E-state index contributed by atoms with van der Waals surface area (Å²) in [6.45, 7) is 3.59. The average Bonchev–Trinajstić information content (AvgIpc) is 3.21. The van der Waals surface area contributed by atoms with E-state index >= 15 is 0 Å². The molecule has 6 rings (SSSR count). The van der Waals surface area contributed by atoms with Crippen molar-refractivity contribution in [3.63, 3.8) is 0 Å². The Morgan fingerprint density at radius 3 is 2.12 bits per heavy atom. The van der Waals surface area contributed by atoms with Crippen molar-refractivity contribution in [1.82, 2.24) is 9.29 Å². The number of benzene rings is 3.